The number of benzene rings is 8. The molecular formula is C57H42O. The van der Waals surface area contributed by atoms with Crippen molar-refractivity contribution < 1.29 is 4.74 Å². The summed E-state index contributed by atoms with van der Waals surface area (Å²) in [5.74, 6) is 5.25. The van der Waals surface area contributed by atoms with Crippen LogP contribution in [0.3, 0.4) is 0 Å². The molecule has 1 heteroatoms. The Morgan fingerprint density at radius 2 is 0.914 bits per heavy atom. The average Bonchev–Trinajstić information content (AvgIpc) is 3.73. The summed E-state index contributed by atoms with van der Waals surface area (Å²) in [6.07, 6.45) is 7.07. The molecule has 1 heterocycles. The van der Waals surface area contributed by atoms with Crippen LogP contribution >= 0.6 is 0 Å². The Balaban J connectivity index is 0.982. The molecule has 8 aromatic carbocycles. The highest BCUT2D eigenvalue weighted by molar-refractivity contribution is 6.04. The summed E-state index contributed by atoms with van der Waals surface area (Å²) in [5.41, 5.74) is 18.6. The lowest BCUT2D eigenvalue weighted by Crippen LogP contribution is -2.55. The van der Waals surface area contributed by atoms with E-state index in [0.717, 1.165) is 40.6 Å². The largest absolute Gasteiger partial charge is 0.456 e. The Hall–Kier alpha value is -6.18. The van der Waals surface area contributed by atoms with Gasteiger partial charge in [0, 0.05) is 21.9 Å². The molecule has 4 saturated carbocycles. The molecule has 0 radical (unpaired) electrons. The van der Waals surface area contributed by atoms with E-state index in [1.807, 2.05) is 0 Å². The number of para-hydroxylation sites is 1. The van der Waals surface area contributed by atoms with Crippen molar-refractivity contribution >= 4 is 10.8 Å². The molecule has 8 aromatic rings. The van der Waals surface area contributed by atoms with E-state index >= 15 is 0 Å². The Morgan fingerprint density at radius 1 is 0.362 bits per heavy atom. The standard InChI is InChI=1S/C57H42O/c1-2-18-46-41(14-1)47(33-53-55(46)58-54-23-10-9-22-51(54)57(53)49-20-7-4-15-42(49)43-16-5-8-21-50(43)57)38-13-11-12-36(31-38)37-24-25-45-44-17-3-6-19-48(44)56(52(45)32-37)39-27-34-26-35(29-39)30-40(56)28-34/h1-25,31-35,39-40H,26-30H2. The number of hydrogen-bond donors (Lipinski definition) is 0. The minimum atomic E-state index is -0.518. The van der Waals surface area contributed by atoms with Crippen LogP contribution in [0.2, 0.25) is 0 Å². The van der Waals surface area contributed by atoms with Crippen molar-refractivity contribution in [2.45, 2.75) is 42.9 Å². The molecule has 4 fully saturated rings. The zero-order valence-electron chi connectivity index (χ0n) is 32.4. The number of fused-ring (bicyclic) bond motifs is 14. The first-order valence-electron chi connectivity index (χ1n) is 21.6. The Bertz CT molecular complexity index is 3000. The molecule has 0 saturated heterocycles. The molecule has 0 unspecified atom stereocenters. The van der Waals surface area contributed by atoms with Crippen LogP contribution in [0.1, 0.15) is 65.5 Å². The van der Waals surface area contributed by atoms with Gasteiger partial charge in [0.15, 0.2) is 0 Å². The summed E-state index contributed by atoms with van der Waals surface area (Å²) in [4.78, 5) is 0. The van der Waals surface area contributed by atoms with Gasteiger partial charge in [0.05, 0.1) is 5.41 Å². The minimum Gasteiger partial charge on any atom is -0.456 e. The molecule has 15 rings (SSSR count). The van der Waals surface area contributed by atoms with Crippen LogP contribution in [0, 0.1) is 23.7 Å². The van der Waals surface area contributed by atoms with Crippen LogP contribution in [-0.2, 0) is 10.8 Å². The summed E-state index contributed by atoms with van der Waals surface area (Å²) in [7, 11) is 0. The van der Waals surface area contributed by atoms with Crippen LogP contribution in [0.15, 0.2) is 170 Å². The molecule has 7 aliphatic rings. The normalized spacial score (nSPS) is 24.2. The van der Waals surface area contributed by atoms with Crippen molar-refractivity contribution in [1.82, 2.24) is 0 Å². The zero-order chi connectivity index (χ0) is 37.7. The first-order valence-corrected chi connectivity index (χ1v) is 21.6. The van der Waals surface area contributed by atoms with Crippen molar-refractivity contribution in [2.75, 3.05) is 0 Å². The molecule has 6 aliphatic carbocycles. The van der Waals surface area contributed by atoms with E-state index < -0.39 is 5.41 Å². The Labute approximate surface area is 340 Å². The van der Waals surface area contributed by atoms with Gasteiger partial charge in [-0.25, -0.2) is 0 Å². The van der Waals surface area contributed by atoms with Gasteiger partial charge in [-0.15, -0.1) is 0 Å². The predicted octanol–water partition coefficient (Wildman–Crippen LogP) is 14.4. The molecule has 2 spiro atoms. The molecule has 276 valence electrons. The van der Waals surface area contributed by atoms with Gasteiger partial charge in [0.2, 0.25) is 0 Å². The van der Waals surface area contributed by atoms with E-state index in [4.69, 9.17) is 4.74 Å². The third-order valence-corrected chi connectivity index (χ3v) is 15.9. The monoisotopic (exact) mass is 742 g/mol. The van der Waals surface area contributed by atoms with E-state index in [0.29, 0.717) is 0 Å². The second-order valence-electron chi connectivity index (χ2n) is 18.3. The van der Waals surface area contributed by atoms with Gasteiger partial charge in [-0.1, -0.05) is 146 Å². The molecule has 4 bridgehead atoms. The van der Waals surface area contributed by atoms with Crippen molar-refractivity contribution in [3.63, 3.8) is 0 Å². The maximum absolute atomic E-state index is 7.06. The van der Waals surface area contributed by atoms with Crippen molar-refractivity contribution in [1.29, 1.82) is 0 Å². The van der Waals surface area contributed by atoms with Crippen LogP contribution in [0.5, 0.6) is 11.5 Å². The van der Waals surface area contributed by atoms with Gasteiger partial charge in [0.25, 0.3) is 0 Å². The van der Waals surface area contributed by atoms with Gasteiger partial charge in [-0.05, 0) is 152 Å². The zero-order valence-corrected chi connectivity index (χ0v) is 32.4. The fraction of sp³-hybridized carbons (Fsp3) is 0.193. The Morgan fingerprint density at radius 3 is 1.64 bits per heavy atom. The fourth-order valence-electron chi connectivity index (χ4n) is 14.1. The fourth-order valence-corrected chi connectivity index (χ4v) is 14.1. The molecular weight excluding hydrogens is 701 g/mol. The quantitative estimate of drug-likeness (QED) is 0.171. The van der Waals surface area contributed by atoms with Crippen LogP contribution in [0.25, 0.3) is 55.3 Å². The summed E-state index contributed by atoms with van der Waals surface area (Å²) in [6, 6.07) is 64.5. The molecule has 1 nitrogen and oxygen atoms in total. The molecule has 0 amide bonds. The summed E-state index contributed by atoms with van der Waals surface area (Å²) < 4.78 is 7.06. The molecule has 58 heavy (non-hydrogen) atoms. The average molecular weight is 743 g/mol. The van der Waals surface area contributed by atoms with Crippen LogP contribution in [-0.4, -0.2) is 0 Å². The van der Waals surface area contributed by atoms with Gasteiger partial charge in [-0.2, -0.15) is 0 Å². The minimum absolute atomic E-state index is 0.153. The number of hydrogen-bond acceptors (Lipinski definition) is 1. The van der Waals surface area contributed by atoms with Gasteiger partial charge in [0.1, 0.15) is 11.5 Å². The second-order valence-corrected chi connectivity index (χ2v) is 18.3. The SMILES string of the molecule is c1cc(-c2ccc3c(c2)C2(c4ccccc4-3)C3CC4CC(C3)CC2C4)cc(-c2cc3c(c4ccccc24)Oc2ccccc2C32c3ccccc3-c3ccccc32)c1. The smallest absolute Gasteiger partial charge is 0.140 e. The van der Waals surface area contributed by atoms with E-state index in [1.165, 1.54) is 104 Å². The highest BCUT2D eigenvalue weighted by Gasteiger charge is 2.61. The predicted molar refractivity (Wildman–Crippen MR) is 235 cm³/mol. The highest BCUT2D eigenvalue weighted by atomic mass is 16.5. The lowest BCUT2D eigenvalue weighted by Gasteiger charge is -2.61. The van der Waals surface area contributed by atoms with E-state index in [-0.39, 0.29) is 5.41 Å². The maximum Gasteiger partial charge on any atom is 0.140 e. The molecule has 0 atom stereocenters. The second kappa shape index (κ2) is 11.3. The van der Waals surface area contributed by atoms with E-state index in [1.54, 1.807) is 11.1 Å². The first-order chi connectivity index (χ1) is 28.7. The number of rotatable bonds is 2. The van der Waals surface area contributed by atoms with Crippen LogP contribution < -0.4 is 4.74 Å². The van der Waals surface area contributed by atoms with Gasteiger partial charge in [-0.3, -0.25) is 0 Å². The van der Waals surface area contributed by atoms with Crippen molar-refractivity contribution in [3.8, 4) is 56.0 Å². The van der Waals surface area contributed by atoms with E-state index in [9.17, 15) is 0 Å². The molecule has 0 aromatic heterocycles. The maximum atomic E-state index is 7.06. The third-order valence-electron chi connectivity index (χ3n) is 15.9. The third kappa shape index (κ3) is 3.84. The van der Waals surface area contributed by atoms with E-state index in [2.05, 4.69) is 170 Å². The summed E-state index contributed by atoms with van der Waals surface area (Å²) >= 11 is 0. The van der Waals surface area contributed by atoms with Gasteiger partial charge < -0.3 is 4.74 Å². The Kier molecular flexibility index (Phi) is 6.19. The van der Waals surface area contributed by atoms with Crippen LogP contribution in [0.4, 0.5) is 0 Å². The lowest BCUT2D eigenvalue weighted by atomic mass is 9.43. The lowest BCUT2D eigenvalue weighted by molar-refractivity contribution is -0.0399. The molecule has 1 aliphatic heterocycles. The summed E-state index contributed by atoms with van der Waals surface area (Å²) in [6.45, 7) is 0. The topological polar surface area (TPSA) is 9.23 Å². The molecule has 0 N–H and O–H groups in total. The first kappa shape index (κ1) is 31.9. The highest BCUT2D eigenvalue weighted by Crippen LogP contribution is 2.70. The van der Waals surface area contributed by atoms with Gasteiger partial charge >= 0.3 is 0 Å². The summed E-state index contributed by atoms with van der Waals surface area (Å²) in [5, 5.41) is 2.36. The number of ether oxygens (including phenoxy) is 1. The van der Waals surface area contributed by atoms with Crippen molar-refractivity contribution in [3.05, 3.63) is 203 Å². The van der Waals surface area contributed by atoms with Crippen molar-refractivity contribution in [2.24, 2.45) is 23.7 Å².